The minimum absolute atomic E-state index is 0.0887. The SMILES string of the molecule is CCCCOC(=O)/C(C)=C/C12CC3CC(CC(C3)C1)C2. The number of carbonyl (C=O) groups is 1. The zero-order valence-corrected chi connectivity index (χ0v) is 13.0. The van der Waals surface area contributed by atoms with Crippen molar-refractivity contribution >= 4 is 5.97 Å². The van der Waals surface area contributed by atoms with Gasteiger partial charge in [-0.15, -0.1) is 0 Å². The van der Waals surface area contributed by atoms with Crippen LogP contribution in [0.25, 0.3) is 0 Å². The van der Waals surface area contributed by atoms with Gasteiger partial charge in [0.25, 0.3) is 0 Å². The Bertz CT molecular complexity index is 372. The van der Waals surface area contributed by atoms with Crippen LogP contribution in [0.5, 0.6) is 0 Å². The van der Waals surface area contributed by atoms with Gasteiger partial charge in [-0.2, -0.15) is 0 Å². The summed E-state index contributed by atoms with van der Waals surface area (Å²) in [6, 6.07) is 0. The molecule has 112 valence electrons. The molecule has 20 heavy (non-hydrogen) atoms. The molecule has 0 N–H and O–H groups in total. The third kappa shape index (κ3) is 2.80. The Labute approximate surface area is 123 Å². The van der Waals surface area contributed by atoms with Gasteiger partial charge in [0.15, 0.2) is 0 Å². The number of rotatable bonds is 5. The van der Waals surface area contributed by atoms with Crippen molar-refractivity contribution in [2.24, 2.45) is 23.2 Å². The summed E-state index contributed by atoms with van der Waals surface area (Å²) in [6.45, 7) is 4.64. The van der Waals surface area contributed by atoms with E-state index in [1.54, 1.807) is 0 Å². The Morgan fingerprint density at radius 1 is 1.15 bits per heavy atom. The van der Waals surface area contributed by atoms with Gasteiger partial charge in [-0.1, -0.05) is 19.4 Å². The van der Waals surface area contributed by atoms with Gasteiger partial charge in [0.1, 0.15) is 0 Å². The second-order valence-electron chi connectivity index (χ2n) is 7.60. The van der Waals surface area contributed by atoms with E-state index in [0.29, 0.717) is 12.0 Å². The van der Waals surface area contributed by atoms with Crippen molar-refractivity contribution in [2.75, 3.05) is 6.61 Å². The lowest BCUT2D eigenvalue weighted by Gasteiger charge is -2.56. The van der Waals surface area contributed by atoms with Crippen LogP contribution in [0.1, 0.15) is 65.2 Å². The second-order valence-corrected chi connectivity index (χ2v) is 7.60. The maximum atomic E-state index is 12.1. The molecule has 0 atom stereocenters. The summed E-state index contributed by atoms with van der Waals surface area (Å²) >= 11 is 0. The Hall–Kier alpha value is -0.790. The molecule has 2 nitrogen and oxygen atoms in total. The summed E-state index contributed by atoms with van der Waals surface area (Å²) in [5.74, 6) is 2.71. The summed E-state index contributed by atoms with van der Waals surface area (Å²) in [7, 11) is 0. The maximum absolute atomic E-state index is 12.1. The van der Waals surface area contributed by atoms with Crippen molar-refractivity contribution in [3.8, 4) is 0 Å². The zero-order chi connectivity index (χ0) is 14.2. The predicted octanol–water partition coefficient (Wildman–Crippen LogP) is 4.49. The molecule has 0 unspecified atom stereocenters. The van der Waals surface area contributed by atoms with Gasteiger partial charge in [-0.25, -0.2) is 4.79 Å². The van der Waals surface area contributed by atoms with E-state index in [0.717, 1.165) is 36.2 Å². The van der Waals surface area contributed by atoms with E-state index in [1.165, 1.54) is 38.5 Å². The first-order chi connectivity index (χ1) is 9.60. The molecule has 4 aliphatic carbocycles. The zero-order valence-electron chi connectivity index (χ0n) is 13.0. The number of hydrogen-bond donors (Lipinski definition) is 0. The quantitative estimate of drug-likeness (QED) is 0.420. The highest BCUT2D eigenvalue weighted by Gasteiger charge is 2.49. The van der Waals surface area contributed by atoms with E-state index >= 15 is 0 Å². The van der Waals surface area contributed by atoms with Crippen LogP contribution in [0.2, 0.25) is 0 Å². The predicted molar refractivity (Wildman–Crippen MR) is 80.2 cm³/mol. The largest absolute Gasteiger partial charge is 0.462 e. The lowest BCUT2D eigenvalue weighted by molar-refractivity contribution is -0.139. The summed E-state index contributed by atoms with van der Waals surface area (Å²) in [4.78, 5) is 12.1. The topological polar surface area (TPSA) is 26.3 Å². The minimum Gasteiger partial charge on any atom is -0.462 e. The van der Waals surface area contributed by atoms with E-state index in [4.69, 9.17) is 4.74 Å². The molecular formula is C18H28O2. The fourth-order valence-electron chi connectivity index (χ4n) is 5.30. The molecule has 0 heterocycles. The lowest BCUT2D eigenvalue weighted by Crippen LogP contribution is -2.45. The summed E-state index contributed by atoms with van der Waals surface area (Å²) in [5, 5.41) is 0. The van der Waals surface area contributed by atoms with E-state index < -0.39 is 0 Å². The second kappa shape index (κ2) is 5.54. The average Bonchev–Trinajstić information content (AvgIpc) is 2.36. The standard InChI is InChI=1S/C18H28O2/c1-3-4-5-20-17(19)13(2)9-18-10-14-6-15(11-18)8-16(7-14)12-18/h9,14-16H,3-8,10-12H2,1-2H3/b13-9+. The first-order valence-electron chi connectivity index (χ1n) is 8.47. The van der Waals surface area contributed by atoms with E-state index in [9.17, 15) is 4.79 Å². The number of allylic oxidation sites excluding steroid dienone is 1. The van der Waals surface area contributed by atoms with Gasteiger partial charge in [-0.05, 0) is 75.0 Å². The van der Waals surface area contributed by atoms with Crippen LogP contribution in [0.15, 0.2) is 11.6 Å². The summed E-state index contributed by atoms with van der Waals surface area (Å²) in [6.07, 6.45) is 12.6. The molecule has 4 saturated carbocycles. The first-order valence-corrected chi connectivity index (χ1v) is 8.47. The van der Waals surface area contributed by atoms with E-state index in [2.05, 4.69) is 13.0 Å². The molecule has 0 aromatic carbocycles. The van der Waals surface area contributed by atoms with Crippen molar-refractivity contribution in [3.63, 3.8) is 0 Å². The van der Waals surface area contributed by atoms with Crippen LogP contribution >= 0.6 is 0 Å². The fraction of sp³-hybridized carbons (Fsp3) is 0.833. The molecule has 0 aromatic rings. The van der Waals surface area contributed by atoms with Crippen LogP contribution in [0.4, 0.5) is 0 Å². The molecule has 0 aromatic heterocycles. The van der Waals surface area contributed by atoms with E-state index in [1.807, 2.05) is 6.92 Å². The number of carbonyl (C=O) groups excluding carboxylic acids is 1. The number of ether oxygens (including phenoxy) is 1. The van der Waals surface area contributed by atoms with Crippen molar-refractivity contribution in [1.82, 2.24) is 0 Å². The highest BCUT2D eigenvalue weighted by atomic mass is 16.5. The molecule has 4 rings (SSSR count). The monoisotopic (exact) mass is 276 g/mol. The molecular weight excluding hydrogens is 248 g/mol. The lowest BCUT2D eigenvalue weighted by atomic mass is 9.49. The highest BCUT2D eigenvalue weighted by molar-refractivity contribution is 5.87. The Morgan fingerprint density at radius 2 is 1.70 bits per heavy atom. The molecule has 0 radical (unpaired) electrons. The van der Waals surface area contributed by atoms with Crippen molar-refractivity contribution < 1.29 is 9.53 Å². The number of unbranched alkanes of at least 4 members (excludes halogenated alkanes) is 1. The molecule has 4 fully saturated rings. The van der Waals surface area contributed by atoms with Crippen molar-refractivity contribution in [1.29, 1.82) is 0 Å². The third-order valence-corrected chi connectivity index (χ3v) is 5.66. The first kappa shape index (κ1) is 14.2. The van der Waals surface area contributed by atoms with Crippen molar-refractivity contribution in [3.05, 3.63) is 11.6 Å². The third-order valence-electron chi connectivity index (χ3n) is 5.66. The number of esters is 1. The maximum Gasteiger partial charge on any atom is 0.333 e. The number of hydrogen-bond acceptors (Lipinski definition) is 2. The molecule has 0 saturated heterocycles. The van der Waals surface area contributed by atoms with Gasteiger partial charge in [0, 0.05) is 5.57 Å². The Balaban J connectivity index is 1.66. The molecule has 4 aliphatic rings. The van der Waals surface area contributed by atoms with Crippen molar-refractivity contribution in [2.45, 2.75) is 65.2 Å². The van der Waals surface area contributed by atoms with E-state index in [-0.39, 0.29) is 5.97 Å². The molecule has 0 amide bonds. The van der Waals surface area contributed by atoms with Gasteiger partial charge >= 0.3 is 5.97 Å². The van der Waals surface area contributed by atoms with Crippen LogP contribution in [0, 0.1) is 23.2 Å². The highest BCUT2D eigenvalue weighted by Crippen LogP contribution is 2.60. The molecule has 4 bridgehead atoms. The Kier molecular flexibility index (Phi) is 3.92. The summed E-state index contributed by atoms with van der Waals surface area (Å²) < 4.78 is 5.35. The van der Waals surface area contributed by atoms with Crippen LogP contribution < -0.4 is 0 Å². The van der Waals surface area contributed by atoms with Crippen LogP contribution in [-0.4, -0.2) is 12.6 Å². The van der Waals surface area contributed by atoms with Gasteiger partial charge < -0.3 is 4.74 Å². The van der Waals surface area contributed by atoms with Crippen LogP contribution in [-0.2, 0) is 9.53 Å². The minimum atomic E-state index is -0.0887. The summed E-state index contributed by atoms with van der Waals surface area (Å²) in [5.41, 5.74) is 1.19. The van der Waals surface area contributed by atoms with Gasteiger partial charge in [0.2, 0.25) is 0 Å². The Morgan fingerprint density at radius 3 is 2.20 bits per heavy atom. The van der Waals surface area contributed by atoms with Gasteiger partial charge in [-0.3, -0.25) is 0 Å². The van der Waals surface area contributed by atoms with Crippen LogP contribution in [0.3, 0.4) is 0 Å². The average molecular weight is 276 g/mol. The smallest absolute Gasteiger partial charge is 0.333 e. The fourth-order valence-corrected chi connectivity index (χ4v) is 5.30. The normalized spacial score (nSPS) is 39.1. The molecule has 0 aliphatic heterocycles. The molecule has 2 heteroatoms. The van der Waals surface area contributed by atoms with Gasteiger partial charge in [0.05, 0.1) is 6.61 Å². The molecule has 0 spiro atoms.